The number of carbonyl (C=O) groups excluding carboxylic acids is 1. The molecule has 0 atom stereocenters. The summed E-state index contributed by atoms with van der Waals surface area (Å²) in [6, 6.07) is 12.9. The van der Waals surface area contributed by atoms with Gasteiger partial charge in [-0.3, -0.25) is 4.79 Å². The zero-order chi connectivity index (χ0) is 13.8. The highest BCUT2D eigenvalue weighted by atomic mass is 35.5. The van der Waals surface area contributed by atoms with Gasteiger partial charge in [-0.2, -0.15) is 0 Å². The third-order valence-electron chi connectivity index (χ3n) is 2.97. The number of ketones is 1. The molecule has 0 fully saturated rings. The number of para-hydroxylation sites is 1. The van der Waals surface area contributed by atoms with Crippen molar-refractivity contribution in [2.24, 2.45) is 0 Å². The average Bonchev–Trinajstić information content (AvgIpc) is 2.41. The summed E-state index contributed by atoms with van der Waals surface area (Å²) in [5.41, 5.74) is 2.50. The summed E-state index contributed by atoms with van der Waals surface area (Å²) < 4.78 is 5.20. The van der Waals surface area contributed by atoms with Crippen LogP contribution in [0.25, 0.3) is 0 Å². The van der Waals surface area contributed by atoms with E-state index in [2.05, 4.69) is 0 Å². The van der Waals surface area contributed by atoms with E-state index in [0.29, 0.717) is 16.3 Å². The minimum atomic E-state index is 0.00297. The lowest BCUT2D eigenvalue weighted by Gasteiger charge is -2.08. The number of Topliss-reactive ketones (excluding diaryl/α,β-unsaturated/α-hetero) is 1. The van der Waals surface area contributed by atoms with Crippen molar-refractivity contribution in [2.75, 3.05) is 7.11 Å². The lowest BCUT2D eigenvalue weighted by atomic mass is 10.0. The molecule has 19 heavy (non-hydrogen) atoms. The molecule has 0 N–H and O–H groups in total. The Morgan fingerprint density at radius 3 is 2.63 bits per heavy atom. The first kappa shape index (κ1) is 13.6. The Balaban J connectivity index is 2.26. The van der Waals surface area contributed by atoms with Gasteiger partial charge in [-0.25, -0.2) is 0 Å². The van der Waals surface area contributed by atoms with Gasteiger partial charge in [0.25, 0.3) is 0 Å². The fourth-order valence-corrected chi connectivity index (χ4v) is 2.24. The van der Waals surface area contributed by atoms with Gasteiger partial charge < -0.3 is 4.74 Å². The predicted octanol–water partition coefficient (Wildman–Crippen LogP) is 4.08. The second-order valence-corrected chi connectivity index (χ2v) is 4.80. The molecule has 2 aromatic carbocycles. The van der Waals surface area contributed by atoms with E-state index in [0.717, 1.165) is 11.1 Å². The maximum Gasteiger partial charge on any atom is 0.171 e. The van der Waals surface area contributed by atoms with Crippen LogP contribution in [0.3, 0.4) is 0 Å². The molecule has 0 aromatic heterocycles. The highest BCUT2D eigenvalue weighted by molar-refractivity contribution is 6.31. The Morgan fingerprint density at radius 1 is 1.21 bits per heavy atom. The number of hydrogen-bond donors (Lipinski definition) is 0. The van der Waals surface area contributed by atoms with E-state index < -0.39 is 0 Å². The number of ether oxygens (including phenoxy) is 1. The number of hydrogen-bond acceptors (Lipinski definition) is 2. The van der Waals surface area contributed by atoms with Gasteiger partial charge in [0.1, 0.15) is 5.75 Å². The van der Waals surface area contributed by atoms with Gasteiger partial charge in [0.15, 0.2) is 5.78 Å². The molecule has 98 valence electrons. The zero-order valence-corrected chi connectivity index (χ0v) is 11.7. The summed E-state index contributed by atoms with van der Waals surface area (Å²) in [6.07, 6.45) is 0.277. The summed E-state index contributed by atoms with van der Waals surface area (Å²) in [7, 11) is 1.56. The Hall–Kier alpha value is -1.80. The van der Waals surface area contributed by atoms with E-state index in [9.17, 15) is 4.79 Å². The first-order chi connectivity index (χ1) is 9.11. The van der Waals surface area contributed by atoms with Crippen molar-refractivity contribution in [3.63, 3.8) is 0 Å². The largest absolute Gasteiger partial charge is 0.496 e. The molecule has 2 rings (SSSR count). The molecule has 0 aliphatic heterocycles. The number of carbonyl (C=O) groups is 1. The van der Waals surface area contributed by atoms with Crippen molar-refractivity contribution in [1.29, 1.82) is 0 Å². The van der Waals surface area contributed by atoms with Gasteiger partial charge in [-0.05, 0) is 36.2 Å². The maximum absolute atomic E-state index is 12.3. The monoisotopic (exact) mass is 274 g/mol. The first-order valence-electron chi connectivity index (χ1n) is 6.03. The minimum Gasteiger partial charge on any atom is -0.496 e. The fourth-order valence-electron chi connectivity index (χ4n) is 1.94. The summed E-state index contributed by atoms with van der Waals surface area (Å²) in [4.78, 5) is 12.3. The zero-order valence-electron chi connectivity index (χ0n) is 10.9. The number of rotatable bonds is 4. The Labute approximate surface area is 118 Å². The quantitative estimate of drug-likeness (QED) is 0.785. The highest BCUT2D eigenvalue weighted by Gasteiger charge is 2.13. The van der Waals surface area contributed by atoms with Crippen LogP contribution in [0.5, 0.6) is 5.75 Å². The maximum atomic E-state index is 12.3. The number of methoxy groups -OCH3 is 1. The molecule has 0 bridgehead atoms. The molecule has 0 aliphatic carbocycles. The molecule has 0 saturated heterocycles. The number of benzene rings is 2. The van der Waals surface area contributed by atoms with Crippen LogP contribution in [-0.2, 0) is 6.42 Å². The predicted molar refractivity (Wildman–Crippen MR) is 77.2 cm³/mol. The molecule has 0 aliphatic rings. The van der Waals surface area contributed by atoms with E-state index in [1.807, 2.05) is 37.3 Å². The van der Waals surface area contributed by atoms with Crippen molar-refractivity contribution in [3.8, 4) is 5.75 Å². The van der Waals surface area contributed by atoms with E-state index >= 15 is 0 Å². The van der Waals surface area contributed by atoms with Crippen molar-refractivity contribution < 1.29 is 9.53 Å². The molecule has 0 heterocycles. The fraction of sp³-hybridized carbons (Fsp3) is 0.188. The minimum absolute atomic E-state index is 0.00297. The van der Waals surface area contributed by atoms with E-state index in [-0.39, 0.29) is 12.2 Å². The molecule has 0 radical (unpaired) electrons. The molecular weight excluding hydrogens is 260 g/mol. The van der Waals surface area contributed by atoms with Gasteiger partial charge in [-0.15, -0.1) is 0 Å². The van der Waals surface area contributed by atoms with Crippen LogP contribution >= 0.6 is 11.6 Å². The first-order valence-corrected chi connectivity index (χ1v) is 6.41. The summed E-state index contributed by atoms with van der Waals surface area (Å²) in [5, 5.41) is 0.628. The van der Waals surface area contributed by atoms with Crippen LogP contribution in [0.4, 0.5) is 0 Å². The lowest BCUT2D eigenvalue weighted by Crippen LogP contribution is -2.06. The van der Waals surface area contributed by atoms with Gasteiger partial charge >= 0.3 is 0 Å². The number of aryl methyl sites for hydroxylation is 1. The van der Waals surface area contributed by atoms with Crippen LogP contribution in [0.1, 0.15) is 21.5 Å². The standard InChI is InChI=1S/C16H15ClO2/c1-11-7-8-12(14(17)9-11)10-15(18)13-5-3-4-6-16(13)19-2/h3-9H,10H2,1-2H3. The highest BCUT2D eigenvalue weighted by Crippen LogP contribution is 2.23. The Bertz CT molecular complexity index is 605. The Kier molecular flexibility index (Phi) is 4.23. The third-order valence-corrected chi connectivity index (χ3v) is 3.32. The second-order valence-electron chi connectivity index (χ2n) is 4.40. The molecule has 2 nitrogen and oxygen atoms in total. The molecule has 0 spiro atoms. The van der Waals surface area contributed by atoms with Gasteiger partial charge in [0.05, 0.1) is 12.7 Å². The molecule has 0 amide bonds. The topological polar surface area (TPSA) is 26.3 Å². The van der Waals surface area contributed by atoms with Crippen LogP contribution in [-0.4, -0.2) is 12.9 Å². The van der Waals surface area contributed by atoms with Gasteiger partial charge in [0, 0.05) is 11.4 Å². The summed E-state index contributed by atoms with van der Waals surface area (Å²) in [5.74, 6) is 0.596. The summed E-state index contributed by atoms with van der Waals surface area (Å²) >= 11 is 6.15. The van der Waals surface area contributed by atoms with Crippen molar-refractivity contribution in [3.05, 3.63) is 64.2 Å². The van der Waals surface area contributed by atoms with Crippen LogP contribution in [0.2, 0.25) is 5.02 Å². The van der Waals surface area contributed by atoms with Crippen molar-refractivity contribution in [1.82, 2.24) is 0 Å². The average molecular weight is 275 g/mol. The smallest absolute Gasteiger partial charge is 0.171 e. The van der Waals surface area contributed by atoms with E-state index in [1.54, 1.807) is 19.2 Å². The molecule has 3 heteroatoms. The van der Waals surface area contributed by atoms with Crippen molar-refractivity contribution >= 4 is 17.4 Å². The van der Waals surface area contributed by atoms with Crippen LogP contribution in [0, 0.1) is 6.92 Å². The molecule has 0 unspecified atom stereocenters. The van der Waals surface area contributed by atoms with Crippen molar-refractivity contribution in [2.45, 2.75) is 13.3 Å². The van der Waals surface area contributed by atoms with E-state index in [1.165, 1.54) is 0 Å². The van der Waals surface area contributed by atoms with Gasteiger partial charge in [-0.1, -0.05) is 35.9 Å². The number of halogens is 1. The molecular formula is C16H15ClO2. The van der Waals surface area contributed by atoms with Crippen LogP contribution < -0.4 is 4.74 Å². The lowest BCUT2D eigenvalue weighted by molar-refractivity contribution is 0.0990. The summed E-state index contributed by atoms with van der Waals surface area (Å²) in [6.45, 7) is 1.97. The van der Waals surface area contributed by atoms with Crippen LogP contribution in [0.15, 0.2) is 42.5 Å². The third kappa shape index (κ3) is 3.15. The molecule has 2 aromatic rings. The molecule has 0 saturated carbocycles. The Morgan fingerprint density at radius 2 is 1.95 bits per heavy atom. The second kappa shape index (κ2) is 5.89. The van der Waals surface area contributed by atoms with Gasteiger partial charge in [0.2, 0.25) is 0 Å². The SMILES string of the molecule is COc1ccccc1C(=O)Cc1ccc(C)cc1Cl. The van der Waals surface area contributed by atoms with E-state index in [4.69, 9.17) is 16.3 Å². The normalized spacial score (nSPS) is 10.3.